The first kappa shape index (κ1) is 16.3. The lowest BCUT2D eigenvalue weighted by atomic mass is 10.2. The third-order valence-corrected chi connectivity index (χ3v) is 5.77. The molecule has 1 aromatic heterocycles. The molecule has 0 spiro atoms. The van der Waals surface area contributed by atoms with E-state index in [4.69, 9.17) is 16.6 Å². The first-order chi connectivity index (χ1) is 12.2. The van der Waals surface area contributed by atoms with Crippen molar-refractivity contribution in [3.8, 4) is 0 Å². The molecule has 1 aliphatic rings. The number of benzene rings is 2. The smallest absolute Gasteiger partial charge is 0.247 e. The Kier molecular flexibility index (Phi) is 4.55. The average molecular weight is 369 g/mol. The van der Waals surface area contributed by atoms with E-state index in [2.05, 4.69) is 6.07 Å². The van der Waals surface area contributed by atoms with E-state index in [9.17, 15) is 4.79 Å². The fraction of sp³-hybridized carbons (Fsp3) is 0.200. The summed E-state index contributed by atoms with van der Waals surface area (Å²) in [4.78, 5) is 19.4. The summed E-state index contributed by atoms with van der Waals surface area (Å²) in [5, 5.41) is 1.70. The third-order valence-electron chi connectivity index (χ3n) is 4.40. The van der Waals surface area contributed by atoms with Crippen LogP contribution in [0.3, 0.4) is 0 Å². The minimum Gasteiger partial charge on any atom is -0.330 e. The zero-order chi connectivity index (χ0) is 17.2. The van der Waals surface area contributed by atoms with Gasteiger partial charge in [0.15, 0.2) is 0 Å². The van der Waals surface area contributed by atoms with E-state index in [1.165, 1.54) is 4.70 Å². The monoisotopic (exact) mass is 368 g/mol. The molecule has 0 aliphatic carbocycles. The van der Waals surface area contributed by atoms with Crippen LogP contribution in [0, 0.1) is 0 Å². The molecule has 1 saturated heterocycles. The van der Waals surface area contributed by atoms with Crippen LogP contribution in [0.15, 0.2) is 54.6 Å². The van der Waals surface area contributed by atoms with Crippen LogP contribution in [-0.2, 0) is 4.79 Å². The molecule has 3 nitrogen and oxygen atoms in total. The molecule has 1 unspecified atom stereocenters. The van der Waals surface area contributed by atoms with Crippen molar-refractivity contribution in [2.75, 3.05) is 6.54 Å². The van der Waals surface area contributed by atoms with Crippen LogP contribution in [0.1, 0.15) is 29.5 Å². The minimum atomic E-state index is 0.0294. The molecule has 4 rings (SSSR count). The van der Waals surface area contributed by atoms with Gasteiger partial charge in [-0.15, -0.1) is 11.3 Å². The predicted octanol–water partition coefficient (Wildman–Crippen LogP) is 5.33. The van der Waals surface area contributed by atoms with Crippen molar-refractivity contribution in [2.45, 2.75) is 18.9 Å². The summed E-state index contributed by atoms with van der Waals surface area (Å²) in [7, 11) is 0. The number of aromatic nitrogens is 1. The van der Waals surface area contributed by atoms with Gasteiger partial charge in [-0.1, -0.05) is 35.9 Å². The van der Waals surface area contributed by atoms with Crippen molar-refractivity contribution < 1.29 is 4.79 Å². The van der Waals surface area contributed by atoms with Crippen molar-refractivity contribution in [3.63, 3.8) is 0 Å². The summed E-state index contributed by atoms with van der Waals surface area (Å²) in [6, 6.07) is 15.7. The second-order valence-corrected chi connectivity index (χ2v) is 7.60. The number of para-hydroxylation sites is 1. The van der Waals surface area contributed by atoms with Gasteiger partial charge in [0.2, 0.25) is 5.91 Å². The highest BCUT2D eigenvalue weighted by Gasteiger charge is 2.31. The fourth-order valence-electron chi connectivity index (χ4n) is 3.19. The Balaban J connectivity index is 1.55. The number of nitrogens with zero attached hydrogens (tertiary/aromatic N) is 2. The first-order valence-corrected chi connectivity index (χ1v) is 9.50. The maximum absolute atomic E-state index is 12.7. The zero-order valence-corrected chi connectivity index (χ0v) is 15.1. The van der Waals surface area contributed by atoms with Gasteiger partial charge in [-0.2, -0.15) is 0 Å². The van der Waals surface area contributed by atoms with E-state index < -0.39 is 0 Å². The number of carbonyl (C=O) groups is 1. The number of halogens is 1. The lowest BCUT2D eigenvalue weighted by Gasteiger charge is -2.21. The van der Waals surface area contributed by atoms with Gasteiger partial charge in [0.05, 0.1) is 16.3 Å². The van der Waals surface area contributed by atoms with Crippen molar-refractivity contribution in [2.24, 2.45) is 0 Å². The molecule has 2 heterocycles. The molecule has 0 saturated carbocycles. The molecule has 0 N–H and O–H groups in total. The summed E-state index contributed by atoms with van der Waals surface area (Å²) in [5.74, 6) is 0.0294. The molecule has 3 aromatic rings. The molecule has 1 aliphatic heterocycles. The van der Waals surface area contributed by atoms with Gasteiger partial charge in [0.25, 0.3) is 0 Å². The number of fused-ring (bicyclic) bond motifs is 1. The molecular weight excluding hydrogens is 352 g/mol. The Morgan fingerprint density at radius 1 is 1.24 bits per heavy atom. The first-order valence-electron chi connectivity index (χ1n) is 8.30. The number of carbonyl (C=O) groups excluding carboxylic acids is 1. The highest BCUT2D eigenvalue weighted by molar-refractivity contribution is 7.18. The van der Waals surface area contributed by atoms with Gasteiger partial charge >= 0.3 is 0 Å². The van der Waals surface area contributed by atoms with E-state index in [1.54, 1.807) is 17.4 Å². The van der Waals surface area contributed by atoms with E-state index in [0.29, 0.717) is 5.02 Å². The van der Waals surface area contributed by atoms with Gasteiger partial charge < -0.3 is 4.90 Å². The second kappa shape index (κ2) is 6.98. The largest absolute Gasteiger partial charge is 0.330 e. The van der Waals surface area contributed by atoms with E-state index >= 15 is 0 Å². The summed E-state index contributed by atoms with van der Waals surface area (Å²) < 4.78 is 1.17. The zero-order valence-electron chi connectivity index (χ0n) is 13.6. The Labute approximate surface area is 155 Å². The van der Waals surface area contributed by atoms with Crippen LogP contribution in [0.5, 0.6) is 0 Å². The predicted molar refractivity (Wildman–Crippen MR) is 104 cm³/mol. The molecule has 1 atom stereocenters. The minimum absolute atomic E-state index is 0.0294. The topological polar surface area (TPSA) is 33.2 Å². The number of hydrogen-bond acceptors (Lipinski definition) is 3. The maximum atomic E-state index is 12.7. The normalized spacial score (nSPS) is 17.6. The van der Waals surface area contributed by atoms with Crippen LogP contribution < -0.4 is 0 Å². The van der Waals surface area contributed by atoms with Crippen molar-refractivity contribution in [3.05, 3.63) is 70.2 Å². The van der Waals surface area contributed by atoms with Gasteiger partial charge in [-0.25, -0.2) is 4.98 Å². The number of hydrogen-bond donors (Lipinski definition) is 0. The molecule has 0 bridgehead atoms. The highest BCUT2D eigenvalue weighted by Crippen LogP contribution is 2.36. The van der Waals surface area contributed by atoms with Crippen molar-refractivity contribution in [1.29, 1.82) is 0 Å². The fourth-order valence-corrected chi connectivity index (χ4v) is 4.51. The van der Waals surface area contributed by atoms with E-state index in [0.717, 1.165) is 35.5 Å². The van der Waals surface area contributed by atoms with Gasteiger partial charge in [0.1, 0.15) is 5.01 Å². The van der Waals surface area contributed by atoms with Gasteiger partial charge in [0, 0.05) is 17.6 Å². The summed E-state index contributed by atoms with van der Waals surface area (Å²) in [6.07, 6.45) is 5.44. The molecule has 1 fully saturated rings. The van der Waals surface area contributed by atoms with E-state index in [-0.39, 0.29) is 11.9 Å². The van der Waals surface area contributed by atoms with Crippen LogP contribution in [0.4, 0.5) is 0 Å². The maximum Gasteiger partial charge on any atom is 0.247 e. The number of rotatable bonds is 3. The SMILES string of the molecule is O=C(/C=C/c1cccc(Cl)c1)N1CCCC1c1nc2ccccc2s1. The summed E-state index contributed by atoms with van der Waals surface area (Å²) in [5.41, 5.74) is 1.94. The number of likely N-dealkylation sites (tertiary alicyclic amines) is 1. The van der Waals surface area contributed by atoms with E-state index in [1.807, 2.05) is 53.4 Å². The summed E-state index contributed by atoms with van der Waals surface area (Å²) in [6.45, 7) is 0.777. The molecule has 1 amide bonds. The molecular formula is C20H17ClN2OS. The van der Waals surface area contributed by atoms with Gasteiger partial charge in [-0.05, 0) is 48.7 Å². The highest BCUT2D eigenvalue weighted by atomic mass is 35.5. The Hall–Kier alpha value is -2.17. The lowest BCUT2D eigenvalue weighted by molar-refractivity contribution is -0.126. The second-order valence-electron chi connectivity index (χ2n) is 6.10. The molecule has 25 heavy (non-hydrogen) atoms. The molecule has 126 valence electrons. The van der Waals surface area contributed by atoms with Crippen LogP contribution in [-0.4, -0.2) is 22.3 Å². The Bertz CT molecular complexity index is 917. The van der Waals surface area contributed by atoms with Gasteiger partial charge in [-0.3, -0.25) is 4.79 Å². The Morgan fingerprint density at radius 3 is 2.96 bits per heavy atom. The van der Waals surface area contributed by atoms with Crippen LogP contribution in [0.2, 0.25) is 5.02 Å². The molecule has 0 radical (unpaired) electrons. The molecule has 5 heteroatoms. The number of amides is 1. The third kappa shape index (κ3) is 3.46. The Morgan fingerprint density at radius 2 is 2.12 bits per heavy atom. The van der Waals surface area contributed by atoms with Crippen LogP contribution >= 0.6 is 22.9 Å². The standard InChI is InChI=1S/C20H17ClN2OS/c21-15-6-3-5-14(13-15)10-11-19(24)23-12-4-8-17(23)20-22-16-7-1-2-9-18(16)25-20/h1-3,5-7,9-11,13,17H,4,8,12H2/b11-10+. The number of thiazole rings is 1. The van der Waals surface area contributed by atoms with Crippen molar-refractivity contribution >= 4 is 45.1 Å². The molecule has 2 aromatic carbocycles. The lowest BCUT2D eigenvalue weighted by Crippen LogP contribution is -2.28. The van der Waals surface area contributed by atoms with Crippen molar-refractivity contribution in [1.82, 2.24) is 9.88 Å². The average Bonchev–Trinajstić information content (AvgIpc) is 3.26. The van der Waals surface area contributed by atoms with Crippen LogP contribution in [0.25, 0.3) is 16.3 Å². The quantitative estimate of drug-likeness (QED) is 0.585. The summed E-state index contributed by atoms with van der Waals surface area (Å²) >= 11 is 7.68.